The zero-order valence-corrected chi connectivity index (χ0v) is 24.9. The highest BCUT2D eigenvalue weighted by Gasteiger charge is 2.35. The van der Waals surface area contributed by atoms with E-state index in [4.69, 9.17) is 4.74 Å². The summed E-state index contributed by atoms with van der Waals surface area (Å²) in [4.78, 5) is 53.1. The molecule has 0 radical (unpaired) electrons. The van der Waals surface area contributed by atoms with E-state index in [-0.39, 0.29) is 30.6 Å². The highest BCUT2D eigenvalue weighted by molar-refractivity contribution is 5.94. The first-order chi connectivity index (χ1) is 19.6. The van der Waals surface area contributed by atoms with E-state index >= 15 is 0 Å². The van der Waals surface area contributed by atoms with E-state index in [2.05, 4.69) is 22.9 Å². The molecule has 222 valence electrons. The van der Waals surface area contributed by atoms with Crippen LogP contribution < -0.4 is 16.0 Å². The first-order valence-electron chi connectivity index (χ1n) is 14.9. The summed E-state index contributed by atoms with van der Waals surface area (Å²) in [6.07, 6.45) is 2.84. The minimum absolute atomic E-state index is 0.0654. The lowest BCUT2D eigenvalue weighted by Gasteiger charge is -2.29. The molecule has 1 saturated heterocycles. The lowest BCUT2D eigenvalue weighted by Crippen LogP contribution is -2.55. The molecule has 2 aromatic carbocycles. The number of rotatable bonds is 9. The number of ether oxygens (including phenoxy) is 1. The normalized spacial score (nSPS) is 23.9. The maximum atomic E-state index is 13.4. The molecule has 3 N–H and O–H groups in total. The van der Waals surface area contributed by atoms with Crippen LogP contribution >= 0.6 is 0 Å². The van der Waals surface area contributed by atoms with Crippen molar-refractivity contribution in [1.82, 2.24) is 16.0 Å². The van der Waals surface area contributed by atoms with Gasteiger partial charge in [-0.15, -0.1) is 0 Å². The van der Waals surface area contributed by atoms with Crippen molar-refractivity contribution in [1.29, 1.82) is 0 Å². The van der Waals surface area contributed by atoms with Gasteiger partial charge in [-0.25, -0.2) is 4.79 Å². The quantitative estimate of drug-likeness (QED) is 0.387. The van der Waals surface area contributed by atoms with Crippen LogP contribution in [0.25, 0.3) is 11.1 Å². The summed E-state index contributed by atoms with van der Waals surface area (Å²) in [6.45, 7) is 9.42. The van der Waals surface area contributed by atoms with Crippen molar-refractivity contribution < 1.29 is 23.9 Å². The Morgan fingerprint density at radius 1 is 0.829 bits per heavy atom. The van der Waals surface area contributed by atoms with Gasteiger partial charge < -0.3 is 20.7 Å². The van der Waals surface area contributed by atoms with Crippen LogP contribution in [0, 0.1) is 11.8 Å². The van der Waals surface area contributed by atoms with Crippen molar-refractivity contribution in [2.45, 2.75) is 97.4 Å². The predicted molar refractivity (Wildman–Crippen MR) is 160 cm³/mol. The molecule has 2 aromatic rings. The second-order valence-electron chi connectivity index (χ2n) is 11.3. The van der Waals surface area contributed by atoms with Crippen LogP contribution in [0.15, 0.2) is 54.6 Å². The van der Waals surface area contributed by atoms with Crippen LogP contribution in [0.3, 0.4) is 0 Å². The molecule has 1 aliphatic heterocycles. The molecule has 0 unspecified atom stereocenters. The fourth-order valence-corrected chi connectivity index (χ4v) is 4.97. The minimum atomic E-state index is -0.915. The van der Waals surface area contributed by atoms with Gasteiger partial charge in [0.25, 0.3) is 0 Å². The van der Waals surface area contributed by atoms with E-state index in [1.54, 1.807) is 6.92 Å². The Morgan fingerprint density at radius 2 is 1.49 bits per heavy atom. The molecular formula is C33H45N3O5. The van der Waals surface area contributed by atoms with Gasteiger partial charge in [-0.3, -0.25) is 14.4 Å². The Kier molecular flexibility index (Phi) is 11.9. The third kappa shape index (κ3) is 9.17. The summed E-state index contributed by atoms with van der Waals surface area (Å²) < 4.78 is 5.93. The van der Waals surface area contributed by atoms with Gasteiger partial charge in [-0.05, 0) is 41.9 Å². The number of carbonyl (C=O) groups is 4. The summed E-state index contributed by atoms with van der Waals surface area (Å²) in [5, 5.41) is 8.39. The monoisotopic (exact) mass is 563 g/mol. The molecule has 3 rings (SSSR count). The van der Waals surface area contributed by atoms with Crippen molar-refractivity contribution in [3.8, 4) is 11.1 Å². The molecule has 8 nitrogen and oxygen atoms in total. The van der Waals surface area contributed by atoms with Crippen LogP contribution in [0.5, 0.6) is 0 Å². The molecule has 41 heavy (non-hydrogen) atoms. The Bertz CT molecular complexity index is 1170. The van der Waals surface area contributed by atoms with Gasteiger partial charge in [-0.2, -0.15) is 0 Å². The molecule has 1 fully saturated rings. The van der Waals surface area contributed by atoms with Crippen LogP contribution in [-0.2, 0) is 30.3 Å². The molecule has 0 saturated carbocycles. The molecule has 3 amide bonds. The van der Waals surface area contributed by atoms with Gasteiger partial charge in [0.1, 0.15) is 24.2 Å². The lowest BCUT2D eigenvalue weighted by atomic mass is 9.94. The van der Waals surface area contributed by atoms with Crippen LogP contribution in [0.1, 0.15) is 72.3 Å². The highest BCUT2D eigenvalue weighted by Crippen LogP contribution is 2.22. The van der Waals surface area contributed by atoms with E-state index in [9.17, 15) is 19.2 Å². The summed E-state index contributed by atoms with van der Waals surface area (Å²) in [7, 11) is 0. The van der Waals surface area contributed by atoms with E-state index in [0.717, 1.165) is 36.0 Å². The third-order valence-corrected chi connectivity index (χ3v) is 7.97. The molecule has 0 aliphatic carbocycles. The lowest BCUT2D eigenvalue weighted by molar-refractivity contribution is -0.158. The highest BCUT2D eigenvalue weighted by atomic mass is 16.5. The largest absolute Gasteiger partial charge is 0.460 e. The predicted octanol–water partition coefficient (Wildman–Crippen LogP) is 4.56. The average molecular weight is 564 g/mol. The van der Waals surface area contributed by atoms with Gasteiger partial charge in [-0.1, -0.05) is 102 Å². The number of amides is 3. The third-order valence-electron chi connectivity index (χ3n) is 7.97. The van der Waals surface area contributed by atoms with Crippen LogP contribution in [-0.4, -0.2) is 47.9 Å². The summed E-state index contributed by atoms with van der Waals surface area (Å²) in [5.41, 5.74) is 2.99. The Labute approximate surface area is 244 Å². The number of nitrogens with one attached hydrogen (secondary N) is 3. The Morgan fingerprint density at radius 3 is 2.12 bits per heavy atom. The van der Waals surface area contributed by atoms with Crippen LogP contribution in [0.2, 0.25) is 0 Å². The van der Waals surface area contributed by atoms with Gasteiger partial charge in [0.2, 0.25) is 17.7 Å². The number of hydrogen-bond acceptors (Lipinski definition) is 5. The standard InChI is InChI=1S/C33H45N3O5/c1-6-8-12-22(4)28-20-29(37)35-27(19-24-15-17-26(18-16-24)25-13-10-9-11-14-25)32(39)34-23(5)31(38)36-30(21(3)7-2)33(40)41-28/h9-11,13-18,21-23,27-28,30H,6-8,12,19-20H2,1-5H3,(H,34,39)(H,35,37)(H,36,38)/t21-,22-,23-,27-,28-,30+/m0/s1. The molecule has 6 atom stereocenters. The molecule has 8 heteroatoms. The van der Waals surface area contributed by atoms with E-state index in [1.807, 2.05) is 75.4 Å². The number of carbonyl (C=O) groups excluding carboxylic acids is 4. The SMILES string of the molecule is CCCC[C@H](C)[C@@H]1CC(=O)N[C@@H](Cc2ccc(-c3ccccc3)cc2)C(=O)N[C@@H](C)C(=O)N[C@H]([C@@H](C)CC)C(=O)O1. The molecule has 0 aromatic heterocycles. The smallest absolute Gasteiger partial charge is 0.329 e. The number of cyclic esters (lactones) is 1. The van der Waals surface area contributed by atoms with Gasteiger partial charge in [0.15, 0.2) is 0 Å². The van der Waals surface area contributed by atoms with Gasteiger partial charge in [0, 0.05) is 6.42 Å². The second kappa shape index (κ2) is 15.4. The Hall–Kier alpha value is -3.68. The molecule has 1 aliphatic rings. The van der Waals surface area contributed by atoms with Crippen molar-refractivity contribution in [3.63, 3.8) is 0 Å². The summed E-state index contributed by atoms with van der Waals surface area (Å²) >= 11 is 0. The van der Waals surface area contributed by atoms with E-state index in [1.165, 1.54) is 0 Å². The molecule has 0 spiro atoms. The van der Waals surface area contributed by atoms with E-state index < -0.39 is 42.0 Å². The molecule has 1 heterocycles. The van der Waals surface area contributed by atoms with Crippen LogP contribution in [0.4, 0.5) is 0 Å². The van der Waals surface area contributed by atoms with Crippen molar-refractivity contribution in [3.05, 3.63) is 60.2 Å². The second-order valence-corrected chi connectivity index (χ2v) is 11.3. The number of benzene rings is 2. The number of esters is 1. The zero-order valence-electron chi connectivity index (χ0n) is 24.9. The maximum Gasteiger partial charge on any atom is 0.329 e. The number of unbranched alkanes of at least 4 members (excludes halogenated alkanes) is 1. The van der Waals surface area contributed by atoms with Crippen molar-refractivity contribution in [2.24, 2.45) is 11.8 Å². The zero-order chi connectivity index (χ0) is 29.9. The summed E-state index contributed by atoms with van der Waals surface area (Å²) in [6, 6.07) is 15.1. The van der Waals surface area contributed by atoms with Gasteiger partial charge in [0.05, 0.1) is 6.42 Å². The minimum Gasteiger partial charge on any atom is -0.460 e. The van der Waals surface area contributed by atoms with E-state index in [0.29, 0.717) is 6.42 Å². The maximum absolute atomic E-state index is 13.4. The van der Waals surface area contributed by atoms with Gasteiger partial charge >= 0.3 is 5.97 Å². The topological polar surface area (TPSA) is 114 Å². The van der Waals surface area contributed by atoms with Crippen molar-refractivity contribution in [2.75, 3.05) is 0 Å². The molecular weight excluding hydrogens is 518 g/mol. The molecule has 0 bridgehead atoms. The van der Waals surface area contributed by atoms with Crippen molar-refractivity contribution >= 4 is 23.7 Å². The fourth-order valence-electron chi connectivity index (χ4n) is 4.97. The summed E-state index contributed by atoms with van der Waals surface area (Å²) in [5.74, 6) is -2.13. The number of hydrogen-bond donors (Lipinski definition) is 3. The first-order valence-corrected chi connectivity index (χ1v) is 14.9. The Balaban J connectivity index is 1.87. The first kappa shape index (κ1) is 31.8. The fraction of sp³-hybridized carbons (Fsp3) is 0.515. The average Bonchev–Trinajstić information content (AvgIpc) is 2.97.